The fourth-order valence-electron chi connectivity index (χ4n) is 2.45. The predicted molar refractivity (Wildman–Crippen MR) is 78.9 cm³/mol. The number of carbonyl (C=O) groups excluding carboxylic acids is 1. The minimum absolute atomic E-state index is 0.0916. The average Bonchev–Trinajstić information content (AvgIpc) is 3.27. The molecule has 5 nitrogen and oxygen atoms in total. The van der Waals surface area contributed by atoms with E-state index in [2.05, 4.69) is 10.3 Å². The molecule has 1 fully saturated rings. The van der Waals surface area contributed by atoms with Crippen molar-refractivity contribution < 1.29 is 9.53 Å². The van der Waals surface area contributed by atoms with Crippen LogP contribution < -0.4 is 10.1 Å². The van der Waals surface area contributed by atoms with Gasteiger partial charge in [-0.15, -0.1) is 0 Å². The molecule has 1 aliphatic carbocycles. The Morgan fingerprint density at radius 2 is 2.19 bits per heavy atom. The number of aryl methyl sites for hydroxylation is 1. The number of carbonyl (C=O) groups is 1. The van der Waals surface area contributed by atoms with Crippen molar-refractivity contribution in [2.75, 3.05) is 7.11 Å². The largest absolute Gasteiger partial charge is 0.496 e. The molecule has 0 unspecified atom stereocenters. The van der Waals surface area contributed by atoms with Crippen molar-refractivity contribution in [1.82, 2.24) is 14.9 Å². The van der Waals surface area contributed by atoms with Gasteiger partial charge in [0, 0.05) is 30.9 Å². The monoisotopic (exact) mass is 285 g/mol. The van der Waals surface area contributed by atoms with Crippen LogP contribution in [0.3, 0.4) is 0 Å². The molecule has 1 aromatic heterocycles. The number of rotatable bonds is 5. The van der Waals surface area contributed by atoms with Gasteiger partial charge in [-0.05, 0) is 18.9 Å². The Morgan fingerprint density at radius 1 is 1.43 bits per heavy atom. The van der Waals surface area contributed by atoms with Gasteiger partial charge in [0.15, 0.2) is 0 Å². The lowest BCUT2D eigenvalue weighted by atomic mass is 10.0. The van der Waals surface area contributed by atoms with Crippen LogP contribution in [0.1, 0.15) is 30.3 Å². The molecule has 1 aliphatic rings. The molecule has 1 atom stereocenters. The third kappa shape index (κ3) is 2.77. The van der Waals surface area contributed by atoms with Crippen molar-refractivity contribution in [3.63, 3.8) is 0 Å². The van der Waals surface area contributed by atoms with Gasteiger partial charge < -0.3 is 14.6 Å². The maximum Gasteiger partial charge on any atom is 0.223 e. The van der Waals surface area contributed by atoms with Gasteiger partial charge in [-0.2, -0.15) is 0 Å². The summed E-state index contributed by atoms with van der Waals surface area (Å²) in [5, 5.41) is 3.11. The summed E-state index contributed by atoms with van der Waals surface area (Å²) in [5.41, 5.74) is 0.920. The van der Waals surface area contributed by atoms with Crippen molar-refractivity contribution in [1.29, 1.82) is 0 Å². The van der Waals surface area contributed by atoms with Crippen molar-refractivity contribution in [2.24, 2.45) is 13.0 Å². The third-order valence-corrected chi connectivity index (χ3v) is 3.80. The minimum Gasteiger partial charge on any atom is -0.496 e. The molecule has 0 bridgehead atoms. The summed E-state index contributed by atoms with van der Waals surface area (Å²) in [5.74, 6) is 1.80. The first kappa shape index (κ1) is 13.7. The molecule has 1 saturated carbocycles. The van der Waals surface area contributed by atoms with Crippen molar-refractivity contribution in [2.45, 2.75) is 18.9 Å². The van der Waals surface area contributed by atoms with E-state index in [-0.39, 0.29) is 17.9 Å². The van der Waals surface area contributed by atoms with Crippen molar-refractivity contribution in [3.8, 4) is 5.75 Å². The van der Waals surface area contributed by atoms with Crippen LogP contribution in [0.4, 0.5) is 0 Å². The maximum absolute atomic E-state index is 12.2. The molecule has 1 heterocycles. The lowest BCUT2D eigenvalue weighted by molar-refractivity contribution is -0.122. The van der Waals surface area contributed by atoms with Crippen LogP contribution in [-0.4, -0.2) is 22.6 Å². The van der Waals surface area contributed by atoms with E-state index in [1.165, 1.54) is 0 Å². The second-order valence-electron chi connectivity index (χ2n) is 5.35. The summed E-state index contributed by atoms with van der Waals surface area (Å²) in [7, 11) is 3.56. The first-order chi connectivity index (χ1) is 10.2. The van der Waals surface area contributed by atoms with Crippen LogP contribution in [0, 0.1) is 5.92 Å². The number of aromatic nitrogens is 2. The highest BCUT2D eigenvalue weighted by molar-refractivity contribution is 5.81. The maximum atomic E-state index is 12.2. The fourth-order valence-corrected chi connectivity index (χ4v) is 2.45. The van der Waals surface area contributed by atoms with Crippen LogP contribution >= 0.6 is 0 Å². The smallest absolute Gasteiger partial charge is 0.223 e. The molecule has 0 saturated heterocycles. The molecule has 21 heavy (non-hydrogen) atoms. The molecule has 1 N–H and O–H groups in total. The average molecular weight is 285 g/mol. The van der Waals surface area contributed by atoms with E-state index in [0.29, 0.717) is 0 Å². The normalized spacial score (nSPS) is 15.5. The van der Waals surface area contributed by atoms with Gasteiger partial charge in [0.25, 0.3) is 0 Å². The standard InChI is InChI=1S/C16H19N3O2/c1-19-10-9-17-15(19)14(18-16(20)11-7-8-11)12-5-3-4-6-13(12)21-2/h3-6,9-11,14H,7-8H2,1-2H3,(H,18,20)/t14-/m1/s1. The molecule has 3 rings (SSSR count). The quantitative estimate of drug-likeness (QED) is 0.914. The van der Waals surface area contributed by atoms with Crippen LogP contribution in [0.2, 0.25) is 0 Å². The Labute approximate surface area is 124 Å². The second kappa shape index (κ2) is 5.60. The number of amides is 1. The Morgan fingerprint density at radius 3 is 2.81 bits per heavy atom. The summed E-state index contributed by atoms with van der Waals surface area (Å²) in [6.07, 6.45) is 5.57. The highest BCUT2D eigenvalue weighted by Gasteiger charge is 2.33. The molecular formula is C16H19N3O2. The number of imidazole rings is 1. The number of nitrogens with one attached hydrogen (secondary N) is 1. The summed E-state index contributed by atoms with van der Waals surface area (Å²) < 4.78 is 7.35. The van der Waals surface area contributed by atoms with Gasteiger partial charge in [-0.25, -0.2) is 4.98 Å². The lowest BCUT2D eigenvalue weighted by Gasteiger charge is -2.21. The Bertz CT molecular complexity index is 646. The second-order valence-corrected chi connectivity index (χ2v) is 5.35. The number of hydrogen-bond donors (Lipinski definition) is 1. The zero-order chi connectivity index (χ0) is 14.8. The first-order valence-corrected chi connectivity index (χ1v) is 7.11. The van der Waals surface area contributed by atoms with Gasteiger partial charge in [0.05, 0.1) is 7.11 Å². The molecular weight excluding hydrogens is 266 g/mol. The molecule has 5 heteroatoms. The molecule has 110 valence electrons. The van der Waals surface area contributed by atoms with Crippen LogP contribution in [0.15, 0.2) is 36.7 Å². The zero-order valence-electron chi connectivity index (χ0n) is 12.2. The van der Waals surface area contributed by atoms with Gasteiger partial charge in [-0.3, -0.25) is 4.79 Å². The number of benzene rings is 1. The Balaban J connectivity index is 1.98. The third-order valence-electron chi connectivity index (χ3n) is 3.80. The SMILES string of the molecule is COc1ccccc1[C@@H](NC(=O)C1CC1)c1nccn1C. The van der Waals surface area contributed by atoms with Gasteiger partial charge in [0.1, 0.15) is 17.6 Å². The van der Waals surface area contributed by atoms with E-state index >= 15 is 0 Å². The Kier molecular flexibility index (Phi) is 3.64. The molecule has 2 aromatic rings. The highest BCUT2D eigenvalue weighted by Crippen LogP contribution is 2.33. The number of para-hydroxylation sites is 1. The number of methoxy groups -OCH3 is 1. The van der Waals surface area contributed by atoms with E-state index in [4.69, 9.17) is 4.74 Å². The van der Waals surface area contributed by atoms with E-state index in [1.807, 2.05) is 42.1 Å². The van der Waals surface area contributed by atoms with Crippen molar-refractivity contribution >= 4 is 5.91 Å². The summed E-state index contributed by atoms with van der Waals surface area (Å²) in [6.45, 7) is 0. The molecule has 0 aliphatic heterocycles. The predicted octanol–water partition coefficient (Wildman–Crippen LogP) is 2.04. The molecule has 1 amide bonds. The topological polar surface area (TPSA) is 56.1 Å². The minimum atomic E-state index is -0.297. The first-order valence-electron chi connectivity index (χ1n) is 7.11. The van der Waals surface area contributed by atoms with Gasteiger partial charge >= 0.3 is 0 Å². The van der Waals surface area contributed by atoms with E-state index in [9.17, 15) is 4.79 Å². The van der Waals surface area contributed by atoms with Crippen LogP contribution in [0.5, 0.6) is 5.75 Å². The molecule has 0 radical (unpaired) electrons. The van der Waals surface area contributed by atoms with E-state index < -0.39 is 0 Å². The lowest BCUT2D eigenvalue weighted by Crippen LogP contribution is -2.32. The molecule has 0 spiro atoms. The number of nitrogens with zero attached hydrogens (tertiary/aromatic N) is 2. The van der Waals surface area contributed by atoms with E-state index in [0.717, 1.165) is 30.0 Å². The zero-order valence-corrected chi connectivity index (χ0v) is 12.2. The summed E-state index contributed by atoms with van der Waals surface area (Å²) in [6, 6.07) is 7.42. The van der Waals surface area contributed by atoms with Crippen LogP contribution in [0.25, 0.3) is 0 Å². The van der Waals surface area contributed by atoms with Gasteiger partial charge in [0.2, 0.25) is 5.91 Å². The summed E-state index contributed by atoms with van der Waals surface area (Å²) >= 11 is 0. The number of hydrogen-bond acceptors (Lipinski definition) is 3. The van der Waals surface area contributed by atoms with Gasteiger partial charge in [-0.1, -0.05) is 18.2 Å². The number of ether oxygens (including phenoxy) is 1. The summed E-state index contributed by atoms with van der Waals surface area (Å²) in [4.78, 5) is 16.6. The highest BCUT2D eigenvalue weighted by atomic mass is 16.5. The Hall–Kier alpha value is -2.30. The van der Waals surface area contributed by atoms with Crippen molar-refractivity contribution in [3.05, 3.63) is 48.0 Å². The van der Waals surface area contributed by atoms with Crippen LogP contribution in [-0.2, 0) is 11.8 Å². The fraction of sp³-hybridized carbons (Fsp3) is 0.375. The van der Waals surface area contributed by atoms with E-state index in [1.54, 1.807) is 13.3 Å². The molecule has 1 aromatic carbocycles.